The van der Waals surface area contributed by atoms with Gasteiger partial charge in [0.25, 0.3) is 0 Å². The number of hydrogen-bond acceptors (Lipinski definition) is 4. The maximum Gasteiger partial charge on any atom is 0.129 e. The Hall–Kier alpha value is -1.08. The highest BCUT2D eigenvalue weighted by atomic mass is 19.1. The van der Waals surface area contributed by atoms with E-state index in [0.717, 1.165) is 44.1 Å². The smallest absolute Gasteiger partial charge is 0.129 e. The van der Waals surface area contributed by atoms with Gasteiger partial charge in [0.2, 0.25) is 0 Å². The van der Waals surface area contributed by atoms with E-state index in [-0.39, 0.29) is 17.6 Å². The topological polar surface area (TPSA) is 41.7 Å². The maximum atomic E-state index is 14.0. The summed E-state index contributed by atoms with van der Waals surface area (Å²) in [5.74, 6) is -0.167. The Morgan fingerprint density at radius 2 is 2.08 bits per heavy atom. The molecular weight excluding hydrogens is 312 g/mol. The average molecular weight is 337 g/mol. The van der Waals surface area contributed by atoms with Crippen LogP contribution in [0.15, 0.2) is 18.2 Å². The van der Waals surface area contributed by atoms with Gasteiger partial charge in [0, 0.05) is 36.8 Å². The fraction of sp³-hybridized carbons (Fsp3) is 0.667. The van der Waals surface area contributed by atoms with Crippen molar-refractivity contribution in [3.63, 3.8) is 0 Å². The number of hydrogen-bond donors (Lipinski definition) is 1. The molecule has 0 aliphatic carbocycles. The molecule has 1 aromatic carbocycles. The molecule has 2 N–H and O–H groups in total. The third-order valence-electron chi connectivity index (χ3n) is 5.91. The monoisotopic (exact) mass is 337 g/mol. The van der Waals surface area contributed by atoms with Crippen molar-refractivity contribution in [1.82, 2.24) is 9.80 Å². The summed E-state index contributed by atoms with van der Waals surface area (Å²) in [4.78, 5) is 4.92. The number of likely N-dealkylation sites (N-methyl/N-ethyl adjacent to an activating group) is 1. The highest BCUT2D eigenvalue weighted by Gasteiger charge is 2.45. The second-order valence-electron chi connectivity index (χ2n) is 7.55. The maximum absolute atomic E-state index is 14.0. The van der Waals surface area contributed by atoms with Crippen LogP contribution in [0.3, 0.4) is 0 Å². The van der Waals surface area contributed by atoms with Crippen molar-refractivity contribution in [2.24, 2.45) is 11.7 Å². The van der Waals surface area contributed by atoms with E-state index < -0.39 is 17.7 Å². The molecule has 0 saturated carbocycles. The molecule has 0 spiro atoms. The number of fused-ring (bicyclic) bond motifs is 1. The van der Waals surface area contributed by atoms with Crippen molar-refractivity contribution < 1.29 is 13.5 Å². The lowest BCUT2D eigenvalue weighted by Crippen LogP contribution is -2.51. The fourth-order valence-electron chi connectivity index (χ4n) is 4.79. The van der Waals surface area contributed by atoms with Crippen LogP contribution in [0.1, 0.15) is 24.5 Å². The van der Waals surface area contributed by atoms with E-state index in [1.165, 1.54) is 12.5 Å². The molecule has 0 bridgehead atoms. The zero-order valence-electron chi connectivity index (χ0n) is 14.0. The largest absolute Gasteiger partial charge is 0.370 e. The van der Waals surface area contributed by atoms with E-state index in [9.17, 15) is 8.78 Å². The number of halogens is 2. The van der Waals surface area contributed by atoms with Gasteiger partial charge < -0.3 is 15.4 Å². The summed E-state index contributed by atoms with van der Waals surface area (Å²) in [5, 5.41) is 0. The van der Waals surface area contributed by atoms with Crippen LogP contribution in [-0.2, 0) is 4.74 Å². The zero-order chi connectivity index (χ0) is 16.8. The normalized spacial score (nSPS) is 37.8. The van der Waals surface area contributed by atoms with Gasteiger partial charge in [-0.05, 0) is 50.6 Å². The third kappa shape index (κ3) is 2.86. The second kappa shape index (κ2) is 6.33. The van der Waals surface area contributed by atoms with E-state index >= 15 is 0 Å². The van der Waals surface area contributed by atoms with Crippen LogP contribution in [0, 0.1) is 17.6 Å². The number of benzene rings is 1. The minimum atomic E-state index is -0.568. The van der Waals surface area contributed by atoms with Crippen molar-refractivity contribution >= 4 is 0 Å². The molecule has 0 radical (unpaired) electrons. The van der Waals surface area contributed by atoms with Crippen LogP contribution in [0.4, 0.5) is 8.78 Å². The molecule has 3 saturated heterocycles. The molecule has 3 aliphatic heterocycles. The minimum Gasteiger partial charge on any atom is -0.370 e. The van der Waals surface area contributed by atoms with Crippen LogP contribution in [0.25, 0.3) is 0 Å². The van der Waals surface area contributed by atoms with Crippen LogP contribution in [0.2, 0.25) is 0 Å². The lowest BCUT2D eigenvalue weighted by Gasteiger charge is -2.41. The van der Waals surface area contributed by atoms with E-state index in [1.54, 1.807) is 0 Å². The van der Waals surface area contributed by atoms with Gasteiger partial charge in [-0.15, -0.1) is 0 Å². The Kier molecular flexibility index (Phi) is 4.33. The van der Waals surface area contributed by atoms with Crippen molar-refractivity contribution in [2.75, 3.05) is 33.3 Å². The number of likely N-dealkylation sites (tertiary alicyclic amines) is 2. The molecule has 6 heteroatoms. The van der Waals surface area contributed by atoms with Gasteiger partial charge in [0.1, 0.15) is 17.7 Å². The number of nitrogens with two attached hydrogens (primary N) is 1. The molecule has 3 heterocycles. The summed E-state index contributed by atoms with van der Waals surface area (Å²) >= 11 is 0. The molecule has 4 nitrogen and oxygen atoms in total. The SMILES string of the molecule is CN1CC2CCN([C@H]3CO[C@H](c4cc(F)ccc4F)[C@@H](N)C3)C2C1. The van der Waals surface area contributed by atoms with Crippen molar-refractivity contribution in [3.8, 4) is 0 Å². The summed E-state index contributed by atoms with van der Waals surface area (Å²) < 4.78 is 33.4. The van der Waals surface area contributed by atoms with Crippen molar-refractivity contribution in [3.05, 3.63) is 35.4 Å². The van der Waals surface area contributed by atoms with Crippen molar-refractivity contribution in [2.45, 2.75) is 37.1 Å². The highest BCUT2D eigenvalue weighted by Crippen LogP contribution is 2.37. The molecule has 4 rings (SSSR count). The molecule has 3 aliphatic rings. The number of ether oxygens (including phenoxy) is 1. The van der Waals surface area contributed by atoms with Crippen LogP contribution < -0.4 is 5.73 Å². The van der Waals surface area contributed by atoms with E-state index in [1.807, 2.05) is 0 Å². The summed E-state index contributed by atoms with van der Waals surface area (Å²) in [6, 6.07) is 4.01. The standard InChI is InChI=1S/C18H25F2N3O/c1-22-8-11-4-5-23(17(11)9-22)13-7-16(21)18(24-10-13)14-6-12(19)2-3-15(14)20/h2-3,6,11,13,16-18H,4-5,7-10,21H2,1H3/t11?,13-,16+,17?,18-/m1/s1. The van der Waals surface area contributed by atoms with Gasteiger partial charge >= 0.3 is 0 Å². The fourth-order valence-corrected chi connectivity index (χ4v) is 4.79. The Balaban J connectivity index is 1.46. The quantitative estimate of drug-likeness (QED) is 0.893. The summed E-state index contributed by atoms with van der Waals surface area (Å²) in [7, 11) is 2.17. The minimum absolute atomic E-state index is 0.237. The van der Waals surface area contributed by atoms with E-state index in [4.69, 9.17) is 10.5 Å². The van der Waals surface area contributed by atoms with Gasteiger partial charge in [-0.1, -0.05) is 0 Å². The molecule has 3 fully saturated rings. The van der Waals surface area contributed by atoms with Crippen LogP contribution >= 0.6 is 0 Å². The van der Waals surface area contributed by atoms with E-state index in [2.05, 4.69) is 16.8 Å². The summed E-state index contributed by atoms with van der Waals surface area (Å²) in [6.07, 6.45) is 1.41. The predicted molar refractivity (Wildman–Crippen MR) is 87.5 cm³/mol. The number of nitrogens with zero attached hydrogens (tertiary/aromatic N) is 2. The van der Waals surface area contributed by atoms with Gasteiger partial charge in [-0.3, -0.25) is 4.90 Å². The first-order valence-electron chi connectivity index (χ1n) is 8.79. The van der Waals surface area contributed by atoms with Gasteiger partial charge in [-0.2, -0.15) is 0 Å². The van der Waals surface area contributed by atoms with Crippen LogP contribution in [0.5, 0.6) is 0 Å². The molecule has 1 aromatic rings. The first-order chi connectivity index (χ1) is 11.5. The molecular formula is C18H25F2N3O. The first-order valence-corrected chi connectivity index (χ1v) is 8.79. The third-order valence-corrected chi connectivity index (χ3v) is 5.91. The Morgan fingerprint density at radius 1 is 1.25 bits per heavy atom. The first kappa shape index (κ1) is 16.4. The number of rotatable bonds is 2. The highest BCUT2D eigenvalue weighted by molar-refractivity contribution is 5.23. The Bertz CT molecular complexity index is 614. The molecule has 2 unspecified atom stereocenters. The molecule has 0 amide bonds. The lowest BCUT2D eigenvalue weighted by atomic mass is 9.92. The van der Waals surface area contributed by atoms with Gasteiger partial charge in [0.15, 0.2) is 0 Å². The van der Waals surface area contributed by atoms with Gasteiger partial charge in [0.05, 0.1) is 6.61 Å². The van der Waals surface area contributed by atoms with Crippen molar-refractivity contribution in [1.29, 1.82) is 0 Å². The van der Waals surface area contributed by atoms with Gasteiger partial charge in [-0.25, -0.2) is 8.78 Å². The Labute approximate surface area is 141 Å². The molecule has 5 atom stereocenters. The second-order valence-corrected chi connectivity index (χ2v) is 7.55. The molecule has 24 heavy (non-hydrogen) atoms. The summed E-state index contributed by atoms with van der Waals surface area (Å²) in [5.41, 5.74) is 6.54. The molecule has 0 aromatic heterocycles. The Morgan fingerprint density at radius 3 is 2.88 bits per heavy atom. The zero-order valence-corrected chi connectivity index (χ0v) is 14.0. The summed E-state index contributed by atoms with van der Waals surface area (Å²) in [6.45, 7) is 3.88. The predicted octanol–water partition coefficient (Wildman–Crippen LogP) is 1.76. The lowest BCUT2D eigenvalue weighted by molar-refractivity contribution is -0.0549. The average Bonchev–Trinajstić information content (AvgIpc) is 3.08. The van der Waals surface area contributed by atoms with E-state index in [0.29, 0.717) is 12.6 Å². The molecule has 132 valence electrons. The van der Waals surface area contributed by atoms with Crippen LogP contribution in [-0.4, -0.2) is 61.2 Å².